The van der Waals surface area contributed by atoms with Crippen LogP contribution in [0.5, 0.6) is 5.75 Å². The lowest BCUT2D eigenvalue weighted by atomic mass is 10.2. The summed E-state index contributed by atoms with van der Waals surface area (Å²) in [7, 11) is 3.03. The molecule has 1 aromatic carbocycles. The highest BCUT2D eigenvalue weighted by Crippen LogP contribution is 2.18. The Morgan fingerprint density at radius 1 is 1.50 bits per heavy atom. The van der Waals surface area contributed by atoms with Crippen molar-refractivity contribution in [3.05, 3.63) is 35.9 Å². The van der Waals surface area contributed by atoms with Crippen LogP contribution >= 0.6 is 0 Å². The van der Waals surface area contributed by atoms with E-state index in [2.05, 4.69) is 15.5 Å². The van der Waals surface area contributed by atoms with Crippen LogP contribution in [0.3, 0.4) is 0 Å². The van der Waals surface area contributed by atoms with E-state index >= 15 is 0 Å². The van der Waals surface area contributed by atoms with Gasteiger partial charge in [0.1, 0.15) is 6.33 Å². The molecule has 0 bridgehead atoms. The Bertz CT molecular complexity index is 582. The lowest BCUT2D eigenvalue weighted by molar-refractivity contribution is 0.102. The number of nitrogens with one attached hydrogen (secondary N) is 1. The first kappa shape index (κ1) is 12.0. The van der Waals surface area contributed by atoms with Gasteiger partial charge in [0.05, 0.1) is 7.11 Å². The van der Waals surface area contributed by atoms with Crippen LogP contribution in [0, 0.1) is 5.82 Å². The first-order valence-corrected chi connectivity index (χ1v) is 5.10. The maximum atomic E-state index is 13.2. The van der Waals surface area contributed by atoms with Gasteiger partial charge in [-0.3, -0.25) is 10.1 Å². The number of ether oxygens (including phenoxy) is 1. The van der Waals surface area contributed by atoms with Crippen LogP contribution in [0.25, 0.3) is 0 Å². The number of benzene rings is 1. The number of nitrogens with zero attached hydrogens (tertiary/aromatic N) is 3. The molecular formula is C11H11FN4O2. The lowest BCUT2D eigenvalue weighted by Crippen LogP contribution is -2.15. The molecule has 2 rings (SSSR count). The molecule has 0 unspecified atom stereocenters. The zero-order valence-electron chi connectivity index (χ0n) is 9.85. The predicted octanol–water partition coefficient (Wildman–Crippen LogP) is 1.22. The molecule has 0 aliphatic carbocycles. The summed E-state index contributed by atoms with van der Waals surface area (Å²) in [6.45, 7) is 0. The van der Waals surface area contributed by atoms with Crippen LogP contribution in [0.1, 0.15) is 10.4 Å². The second-order valence-electron chi connectivity index (χ2n) is 3.57. The Kier molecular flexibility index (Phi) is 3.22. The Hall–Kier alpha value is -2.44. The number of amides is 1. The Balaban J connectivity index is 2.21. The largest absolute Gasteiger partial charge is 0.494 e. The molecule has 0 saturated carbocycles. The third kappa shape index (κ3) is 2.29. The molecule has 0 atom stereocenters. The highest BCUT2D eigenvalue weighted by Gasteiger charge is 2.12. The van der Waals surface area contributed by atoms with Crippen molar-refractivity contribution >= 4 is 11.9 Å². The van der Waals surface area contributed by atoms with Gasteiger partial charge in [-0.15, -0.1) is 10.2 Å². The fourth-order valence-electron chi connectivity index (χ4n) is 1.37. The van der Waals surface area contributed by atoms with Gasteiger partial charge < -0.3 is 9.30 Å². The minimum Gasteiger partial charge on any atom is -0.494 e. The molecule has 0 aliphatic rings. The number of carbonyl (C=O) groups excluding carboxylic acids is 1. The van der Waals surface area contributed by atoms with Gasteiger partial charge >= 0.3 is 0 Å². The molecule has 0 aliphatic heterocycles. The Morgan fingerprint density at radius 2 is 2.28 bits per heavy atom. The number of carbonyl (C=O) groups is 1. The molecule has 1 amide bonds. The number of hydrogen-bond acceptors (Lipinski definition) is 4. The minimum atomic E-state index is -0.521. The van der Waals surface area contributed by atoms with E-state index in [0.29, 0.717) is 5.95 Å². The number of aromatic nitrogens is 3. The second-order valence-corrected chi connectivity index (χ2v) is 3.57. The number of anilines is 1. The molecule has 0 radical (unpaired) electrons. The highest BCUT2D eigenvalue weighted by molar-refractivity contribution is 6.03. The van der Waals surface area contributed by atoms with Crippen LogP contribution in [0.15, 0.2) is 24.5 Å². The molecule has 0 saturated heterocycles. The maximum absolute atomic E-state index is 13.2. The third-order valence-electron chi connectivity index (χ3n) is 2.35. The van der Waals surface area contributed by atoms with Gasteiger partial charge in [-0.1, -0.05) is 0 Å². The predicted molar refractivity (Wildman–Crippen MR) is 61.9 cm³/mol. The monoisotopic (exact) mass is 250 g/mol. The van der Waals surface area contributed by atoms with Gasteiger partial charge in [0.25, 0.3) is 5.91 Å². The smallest absolute Gasteiger partial charge is 0.258 e. The van der Waals surface area contributed by atoms with Gasteiger partial charge in [0.2, 0.25) is 5.95 Å². The van der Waals surface area contributed by atoms with E-state index in [0.717, 1.165) is 0 Å². The summed E-state index contributed by atoms with van der Waals surface area (Å²) < 4.78 is 19.6. The summed E-state index contributed by atoms with van der Waals surface area (Å²) in [5.74, 6) is -0.610. The van der Waals surface area contributed by atoms with Crippen molar-refractivity contribution in [2.45, 2.75) is 0 Å². The molecule has 18 heavy (non-hydrogen) atoms. The van der Waals surface area contributed by atoms with E-state index in [1.807, 2.05) is 0 Å². The van der Waals surface area contributed by atoms with Gasteiger partial charge in [-0.2, -0.15) is 0 Å². The fraction of sp³-hybridized carbons (Fsp3) is 0.182. The second kappa shape index (κ2) is 4.82. The molecule has 7 heteroatoms. The van der Waals surface area contributed by atoms with Crippen molar-refractivity contribution in [3.63, 3.8) is 0 Å². The summed E-state index contributed by atoms with van der Waals surface area (Å²) in [5.41, 5.74) is 0.274. The molecule has 0 spiro atoms. The summed E-state index contributed by atoms with van der Waals surface area (Å²) >= 11 is 0. The average molecular weight is 250 g/mol. The van der Waals surface area contributed by atoms with Crippen molar-refractivity contribution in [1.82, 2.24) is 14.8 Å². The van der Waals surface area contributed by atoms with Crippen LogP contribution < -0.4 is 10.1 Å². The summed E-state index contributed by atoms with van der Waals surface area (Å²) in [5, 5.41) is 9.90. The quantitative estimate of drug-likeness (QED) is 0.889. The van der Waals surface area contributed by atoms with E-state index in [-0.39, 0.29) is 11.3 Å². The molecule has 2 aromatic rings. The maximum Gasteiger partial charge on any atom is 0.258 e. The highest BCUT2D eigenvalue weighted by atomic mass is 19.1. The normalized spacial score (nSPS) is 10.2. The van der Waals surface area contributed by atoms with E-state index in [9.17, 15) is 9.18 Å². The molecule has 6 nitrogen and oxygen atoms in total. The van der Waals surface area contributed by atoms with Crippen molar-refractivity contribution in [2.75, 3.05) is 12.4 Å². The molecular weight excluding hydrogens is 239 g/mol. The van der Waals surface area contributed by atoms with Crippen LogP contribution in [-0.2, 0) is 7.05 Å². The average Bonchev–Trinajstić information content (AvgIpc) is 2.75. The molecule has 1 aromatic heterocycles. The van der Waals surface area contributed by atoms with Gasteiger partial charge in [-0.25, -0.2) is 4.39 Å². The first-order valence-electron chi connectivity index (χ1n) is 5.10. The Labute approximate surface area is 102 Å². The number of aryl methyl sites for hydroxylation is 1. The van der Waals surface area contributed by atoms with Crippen molar-refractivity contribution < 1.29 is 13.9 Å². The van der Waals surface area contributed by atoms with Crippen LogP contribution in [0.4, 0.5) is 10.3 Å². The van der Waals surface area contributed by atoms with Crippen molar-refractivity contribution in [2.24, 2.45) is 7.05 Å². The Morgan fingerprint density at radius 3 is 2.89 bits per heavy atom. The SMILES string of the molecule is COc1cc(C(=O)Nc2nncn2C)ccc1F. The molecule has 0 fully saturated rings. The summed E-state index contributed by atoms with van der Waals surface area (Å²) in [6, 6.07) is 3.86. The van der Waals surface area contributed by atoms with E-state index < -0.39 is 11.7 Å². The number of hydrogen-bond donors (Lipinski definition) is 1. The number of halogens is 1. The standard InChI is InChI=1S/C11H11FN4O2/c1-16-6-13-15-11(16)14-10(17)7-3-4-8(12)9(5-7)18-2/h3-6H,1-2H3,(H,14,15,17). The summed E-state index contributed by atoms with van der Waals surface area (Å²) in [4.78, 5) is 11.9. The zero-order valence-corrected chi connectivity index (χ0v) is 9.85. The fourth-order valence-corrected chi connectivity index (χ4v) is 1.37. The van der Waals surface area contributed by atoms with Gasteiger partial charge in [0.15, 0.2) is 11.6 Å². The first-order chi connectivity index (χ1) is 8.61. The van der Waals surface area contributed by atoms with Gasteiger partial charge in [0, 0.05) is 12.6 Å². The third-order valence-corrected chi connectivity index (χ3v) is 2.35. The van der Waals surface area contributed by atoms with Crippen LogP contribution in [0.2, 0.25) is 0 Å². The number of rotatable bonds is 3. The molecule has 1 heterocycles. The van der Waals surface area contributed by atoms with Crippen LogP contribution in [-0.4, -0.2) is 27.8 Å². The lowest BCUT2D eigenvalue weighted by Gasteiger charge is -2.06. The molecule has 94 valence electrons. The minimum absolute atomic E-state index is 0.0145. The zero-order chi connectivity index (χ0) is 13.1. The topological polar surface area (TPSA) is 69.0 Å². The van der Waals surface area contributed by atoms with Crippen molar-refractivity contribution in [3.8, 4) is 5.75 Å². The molecule has 1 N–H and O–H groups in total. The van der Waals surface area contributed by atoms with E-state index in [1.165, 1.54) is 31.6 Å². The van der Waals surface area contributed by atoms with E-state index in [1.54, 1.807) is 11.6 Å². The van der Waals surface area contributed by atoms with E-state index in [4.69, 9.17) is 4.74 Å². The number of methoxy groups -OCH3 is 1. The van der Waals surface area contributed by atoms with Crippen molar-refractivity contribution in [1.29, 1.82) is 0 Å². The summed E-state index contributed by atoms with van der Waals surface area (Å²) in [6.07, 6.45) is 1.46. The van der Waals surface area contributed by atoms with Gasteiger partial charge in [-0.05, 0) is 18.2 Å².